The molecule has 24 heavy (non-hydrogen) atoms. The second kappa shape index (κ2) is 8.21. The Morgan fingerprint density at radius 1 is 1.25 bits per heavy atom. The molecule has 6 nitrogen and oxygen atoms in total. The first-order chi connectivity index (χ1) is 11.5. The van der Waals surface area contributed by atoms with Gasteiger partial charge < -0.3 is 24.3 Å². The van der Waals surface area contributed by atoms with Gasteiger partial charge >= 0.3 is 0 Å². The standard InChI is InChI=1S/C18H21NO5/c1-12-4-7-15(24-12)14(20)11-19-18(21)9-6-13-5-8-16(22-2)17(10-13)23-3/h4-10,14,20H,11H2,1-3H3,(H,19,21). The second-order valence-electron chi connectivity index (χ2n) is 5.16. The fraction of sp³-hybridized carbons (Fsp3) is 0.278. The average molecular weight is 331 g/mol. The molecule has 6 heteroatoms. The van der Waals surface area contributed by atoms with Gasteiger partial charge in [0.25, 0.3) is 0 Å². The fourth-order valence-electron chi connectivity index (χ4n) is 2.12. The number of amides is 1. The van der Waals surface area contributed by atoms with Crippen LogP contribution in [0, 0.1) is 6.92 Å². The fourth-order valence-corrected chi connectivity index (χ4v) is 2.12. The van der Waals surface area contributed by atoms with Crippen molar-refractivity contribution >= 4 is 12.0 Å². The number of aliphatic hydroxyl groups excluding tert-OH is 1. The van der Waals surface area contributed by atoms with Crippen LogP contribution in [0.25, 0.3) is 6.08 Å². The zero-order valence-corrected chi connectivity index (χ0v) is 13.9. The summed E-state index contributed by atoms with van der Waals surface area (Å²) in [5.41, 5.74) is 0.796. The van der Waals surface area contributed by atoms with Crippen LogP contribution in [0.5, 0.6) is 11.5 Å². The first-order valence-electron chi connectivity index (χ1n) is 7.46. The summed E-state index contributed by atoms with van der Waals surface area (Å²) in [6.07, 6.45) is 2.17. The van der Waals surface area contributed by atoms with Crippen LogP contribution in [0.4, 0.5) is 0 Å². The molecule has 0 bridgehead atoms. The summed E-state index contributed by atoms with van der Waals surface area (Å²) in [4.78, 5) is 11.8. The normalized spacial score (nSPS) is 12.2. The lowest BCUT2D eigenvalue weighted by atomic mass is 10.2. The Labute approximate surface area is 140 Å². The molecule has 128 valence electrons. The van der Waals surface area contributed by atoms with Gasteiger partial charge in [0.1, 0.15) is 17.6 Å². The Bertz CT molecular complexity index is 720. The van der Waals surface area contributed by atoms with Crippen LogP contribution in [0.1, 0.15) is 23.2 Å². The number of hydrogen-bond donors (Lipinski definition) is 2. The van der Waals surface area contributed by atoms with Gasteiger partial charge in [0.05, 0.1) is 20.8 Å². The largest absolute Gasteiger partial charge is 0.493 e. The smallest absolute Gasteiger partial charge is 0.244 e. The van der Waals surface area contributed by atoms with Crippen molar-refractivity contribution in [2.45, 2.75) is 13.0 Å². The Hall–Kier alpha value is -2.73. The highest BCUT2D eigenvalue weighted by atomic mass is 16.5. The second-order valence-corrected chi connectivity index (χ2v) is 5.16. The van der Waals surface area contributed by atoms with Gasteiger partial charge in [-0.3, -0.25) is 4.79 Å². The van der Waals surface area contributed by atoms with E-state index in [1.165, 1.54) is 6.08 Å². The molecular weight excluding hydrogens is 310 g/mol. The summed E-state index contributed by atoms with van der Waals surface area (Å²) in [6, 6.07) is 8.79. The molecule has 2 rings (SSSR count). The molecule has 1 atom stereocenters. The maximum atomic E-state index is 11.8. The van der Waals surface area contributed by atoms with Crippen molar-refractivity contribution < 1.29 is 23.8 Å². The zero-order valence-electron chi connectivity index (χ0n) is 13.9. The Morgan fingerprint density at radius 2 is 2.00 bits per heavy atom. The molecule has 0 spiro atoms. The van der Waals surface area contributed by atoms with Gasteiger partial charge in [-0.15, -0.1) is 0 Å². The molecule has 1 aromatic heterocycles. The van der Waals surface area contributed by atoms with E-state index in [-0.39, 0.29) is 12.5 Å². The van der Waals surface area contributed by atoms with Gasteiger partial charge in [-0.1, -0.05) is 6.07 Å². The highest BCUT2D eigenvalue weighted by Crippen LogP contribution is 2.27. The first kappa shape index (κ1) is 17.6. The lowest BCUT2D eigenvalue weighted by Crippen LogP contribution is -2.26. The number of furan rings is 1. The van der Waals surface area contributed by atoms with Crippen molar-refractivity contribution in [3.8, 4) is 11.5 Å². The number of methoxy groups -OCH3 is 2. The summed E-state index contributed by atoms with van der Waals surface area (Å²) >= 11 is 0. The summed E-state index contributed by atoms with van der Waals surface area (Å²) < 4.78 is 15.7. The van der Waals surface area contributed by atoms with Crippen molar-refractivity contribution in [1.29, 1.82) is 0 Å². The van der Waals surface area contributed by atoms with E-state index < -0.39 is 6.10 Å². The molecule has 2 N–H and O–H groups in total. The van der Waals surface area contributed by atoms with Crippen molar-refractivity contribution in [1.82, 2.24) is 5.32 Å². The van der Waals surface area contributed by atoms with Crippen LogP contribution in [0.2, 0.25) is 0 Å². The summed E-state index contributed by atoms with van der Waals surface area (Å²) in [5.74, 6) is 2.03. The Morgan fingerprint density at radius 3 is 2.62 bits per heavy atom. The molecule has 0 aliphatic rings. The number of carbonyl (C=O) groups excluding carboxylic acids is 1. The number of carbonyl (C=O) groups is 1. The highest BCUT2D eigenvalue weighted by molar-refractivity contribution is 5.91. The Kier molecular flexibility index (Phi) is 6.03. The van der Waals surface area contributed by atoms with Crippen molar-refractivity contribution in [3.63, 3.8) is 0 Å². The van der Waals surface area contributed by atoms with E-state index in [9.17, 15) is 9.90 Å². The third-order valence-corrected chi connectivity index (χ3v) is 3.39. The minimum atomic E-state index is -0.878. The third kappa shape index (κ3) is 4.63. The van der Waals surface area contributed by atoms with E-state index in [0.717, 1.165) is 5.56 Å². The number of aryl methyl sites for hydroxylation is 1. The molecule has 2 aromatic rings. The molecule has 0 aliphatic carbocycles. The van der Waals surface area contributed by atoms with Gasteiger partial charge in [0.15, 0.2) is 11.5 Å². The van der Waals surface area contributed by atoms with E-state index in [1.54, 1.807) is 51.5 Å². The van der Waals surface area contributed by atoms with Crippen molar-refractivity contribution in [2.24, 2.45) is 0 Å². The summed E-state index contributed by atoms with van der Waals surface area (Å²) in [5, 5.41) is 12.6. The lowest BCUT2D eigenvalue weighted by molar-refractivity contribution is -0.116. The molecule has 0 aliphatic heterocycles. The van der Waals surface area contributed by atoms with Crippen LogP contribution < -0.4 is 14.8 Å². The van der Waals surface area contributed by atoms with E-state index >= 15 is 0 Å². The molecule has 0 radical (unpaired) electrons. The van der Waals surface area contributed by atoms with Crippen molar-refractivity contribution in [2.75, 3.05) is 20.8 Å². The molecule has 1 aromatic carbocycles. The van der Waals surface area contributed by atoms with Crippen LogP contribution in [-0.2, 0) is 4.79 Å². The lowest BCUT2D eigenvalue weighted by Gasteiger charge is -2.08. The number of rotatable bonds is 7. The maximum Gasteiger partial charge on any atom is 0.244 e. The first-order valence-corrected chi connectivity index (χ1v) is 7.46. The van der Waals surface area contributed by atoms with E-state index in [4.69, 9.17) is 13.9 Å². The van der Waals surface area contributed by atoms with Crippen LogP contribution in [-0.4, -0.2) is 31.8 Å². The topological polar surface area (TPSA) is 80.9 Å². The van der Waals surface area contributed by atoms with Crippen LogP contribution in [0.3, 0.4) is 0 Å². The summed E-state index contributed by atoms with van der Waals surface area (Å²) in [6.45, 7) is 1.86. The minimum absolute atomic E-state index is 0.0715. The minimum Gasteiger partial charge on any atom is -0.493 e. The number of benzene rings is 1. The van der Waals surface area contributed by atoms with Crippen LogP contribution in [0.15, 0.2) is 40.8 Å². The zero-order chi connectivity index (χ0) is 17.5. The number of hydrogen-bond acceptors (Lipinski definition) is 5. The molecule has 0 saturated heterocycles. The molecule has 1 amide bonds. The van der Waals surface area contributed by atoms with Gasteiger partial charge in [-0.2, -0.15) is 0 Å². The number of nitrogens with one attached hydrogen (secondary N) is 1. The SMILES string of the molecule is COc1ccc(C=CC(=O)NCC(O)c2ccc(C)o2)cc1OC. The van der Waals surface area contributed by atoms with Gasteiger partial charge in [0.2, 0.25) is 5.91 Å². The maximum absolute atomic E-state index is 11.8. The third-order valence-electron chi connectivity index (χ3n) is 3.39. The van der Waals surface area contributed by atoms with Crippen molar-refractivity contribution in [3.05, 3.63) is 53.5 Å². The van der Waals surface area contributed by atoms with E-state index in [2.05, 4.69) is 5.32 Å². The molecule has 0 fully saturated rings. The molecular formula is C18H21NO5. The van der Waals surface area contributed by atoms with E-state index in [1.807, 2.05) is 6.07 Å². The van der Waals surface area contributed by atoms with Gasteiger partial charge in [-0.25, -0.2) is 0 Å². The molecule has 0 saturated carbocycles. The monoisotopic (exact) mass is 331 g/mol. The predicted octanol–water partition coefficient (Wildman–Crippen LogP) is 2.47. The van der Waals surface area contributed by atoms with Gasteiger partial charge in [-0.05, 0) is 42.8 Å². The quantitative estimate of drug-likeness (QED) is 0.762. The Balaban J connectivity index is 1.91. The molecule has 1 heterocycles. The average Bonchev–Trinajstić information content (AvgIpc) is 3.04. The summed E-state index contributed by atoms with van der Waals surface area (Å²) in [7, 11) is 3.11. The van der Waals surface area contributed by atoms with E-state index in [0.29, 0.717) is 23.0 Å². The van der Waals surface area contributed by atoms with Gasteiger partial charge in [0, 0.05) is 6.08 Å². The van der Waals surface area contributed by atoms with Crippen LogP contribution >= 0.6 is 0 Å². The number of aliphatic hydroxyl groups is 1. The highest BCUT2D eigenvalue weighted by Gasteiger charge is 2.12. The number of ether oxygens (including phenoxy) is 2. The molecule has 1 unspecified atom stereocenters. The predicted molar refractivity (Wildman–Crippen MR) is 90.0 cm³/mol.